The number of amides is 1. The zero-order valence-electron chi connectivity index (χ0n) is 10.3. The van der Waals surface area contributed by atoms with E-state index < -0.39 is 5.97 Å². The van der Waals surface area contributed by atoms with Crippen molar-refractivity contribution >= 4 is 17.6 Å². The van der Waals surface area contributed by atoms with Crippen molar-refractivity contribution in [3.63, 3.8) is 0 Å². The van der Waals surface area contributed by atoms with Crippen molar-refractivity contribution in [2.75, 3.05) is 5.32 Å². The van der Waals surface area contributed by atoms with Crippen LogP contribution in [0.2, 0.25) is 0 Å². The van der Waals surface area contributed by atoms with Gasteiger partial charge in [-0.1, -0.05) is 0 Å². The third kappa shape index (κ3) is 3.45. The Balaban J connectivity index is 2.05. The number of carboxylic acids is 1. The molecule has 1 saturated carbocycles. The molecule has 1 aliphatic carbocycles. The van der Waals surface area contributed by atoms with E-state index in [9.17, 15) is 14.7 Å². The van der Waals surface area contributed by atoms with Crippen LogP contribution >= 0.6 is 0 Å². The molecule has 1 atom stereocenters. The lowest BCUT2D eigenvalue weighted by atomic mass is 10.1. The number of nitrogens with one attached hydrogen (secondary N) is 1. The number of benzene rings is 1. The first kappa shape index (κ1) is 13.4. The van der Waals surface area contributed by atoms with Crippen LogP contribution in [0.15, 0.2) is 18.2 Å². The standard InChI is InChI=1S/C13H16N2O4/c14-10(7-1-2-7)6-12(17)15-11-4-3-8(16)5-9(11)13(18)19/h3-5,7,10,16H,1-2,6,14H2,(H,15,17)(H,18,19). The summed E-state index contributed by atoms with van der Waals surface area (Å²) in [6, 6.07) is 3.60. The molecular formula is C13H16N2O4. The number of aromatic carboxylic acids is 1. The summed E-state index contributed by atoms with van der Waals surface area (Å²) >= 11 is 0. The van der Waals surface area contributed by atoms with Crippen LogP contribution in [0.1, 0.15) is 29.6 Å². The van der Waals surface area contributed by atoms with Gasteiger partial charge in [0.2, 0.25) is 5.91 Å². The SMILES string of the molecule is NC(CC(=O)Nc1ccc(O)cc1C(=O)O)C1CC1. The normalized spacial score (nSPS) is 15.8. The van der Waals surface area contributed by atoms with Crippen molar-refractivity contribution in [1.29, 1.82) is 0 Å². The number of hydrogen-bond acceptors (Lipinski definition) is 4. The molecule has 6 nitrogen and oxygen atoms in total. The third-order valence-electron chi connectivity index (χ3n) is 3.16. The summed E-state index contributed by atoms with van der Waals surface area (Å²) in [5.74, 6) is -1.28. The Labute approximate surface area is 110 Å². The fourth-order valence-corrected chi connectivity index (χ4v) is 1.92. The highest BCUT2D eigenvalue weighted by Gasteiger charge is 2.30. The summed E-state index contributed by atoms with van der Waals surface area (Å²) in [7, 11) is 0. The third-order valence-corrected chi connectivity index (χ3v) is 3.16. The van der Waals surface area contributed by atoms with E-state index in [0.29, 0.717) is 5.92 Å². The Kier molecular flexibility index (Phi) is 3.71. The Morgan fingerprint density at radius 3 is 2.68 bits per heavy atom. The summed E-state index contributed by atoms with van der Waals surface area (Å²) in [5, 5.41) is 20.8. The molecule has 102 valence electrons. The zero-order valence-corrected chi connectivity index (χ0v) is 10.3. The molecular weight excluding hydrogens is 248 g/mol. The van der Waals surface area contributed by atoms with Gasteiger partial charge in [-0.05, 0) is 37.0 Å². The van der Waals surface area contributed by atoms with Gasteiger partial charge in [-0.25, -0.2) is 4.79 Å². The van der Waals surface area contributed by atoms with E-state index in [-0.39, 0.29) is 35.4 Å². The lowest BCUT2D eigenvalue weighted by Gasteiger charge is -2.12. The maximum atomic E-state index is 11.8. The molecule has 0 bridgehead atoms. The van der Waals surface area contributed by atoms with Crippen molar-refractivity contribution < 1.29 is 19.8 Å². The van der Waals surface area contributed by atoms with Gasteiger partial charge in [-0.3, -0.25) is 4.79 Å². The first-order valence-electron chi connectivity index (χ1n) is 6.09. The quantitative estimate of drug-likeness (QED) is 0.596. The number of carbonyl (C=O) groups is 2. The summed E-state index contributed by atoms with van der Waals surface area (Å²) in [4.78, 5) is 22.8. The van der Waals surface area contributed by atoms with Crippen molar-refractivity contribution in [2.45, 2.75) is 25.3 Å². The second kappa shape index (κ2) is 5.27. The molecule has 1 aromatic carbocycles. The highest BCUT2D eigenvalue weighted by Crippen LogP contribution is 2.33. The average Bonchev–Trinajstić information content (AvgIpc) is 3.15. The highest BCUT2D eigenvalue weighted by atomic mass is 16.4. The molecule has 19 heavy (non-hydrogen) atoms. The van der Waals surface area contributed by atoms with Gasteiger partial charge in [0, 0.05) is 12.5 Å². The second-order valence-corrected chi connectivity index (χ2v) is 4.79. The number of hydrogen-bond donors (Lipinski definition) is 4. The molecule has 0 spiro atoms. The first-order valence-corrected chi connectivity index (χ1v) is 6.09. The van der Waals surface area contributed by atoms with Crippen LogP contribution in [0.3, 0.4) is 0 Å². The van der Waals surface area contributed by atoms with E-state index in [1.54, 1.807) is 0 Å². The molecule has 0 saturated heterocycles. The van der Waals surface area contributed by atoms with Crippen LogP contribution in [-0.4, -0.2) is 28.1 Å². The number of carboxylic acid groups (broad SMARTS) is 1. The van der Waals surface area contributed by atoms with Crippen molar-refractivity contribution in [3.8, 4) is 5.75 Å². The molecule has 6 heteroatoms. The summed E-state index contributed by atoms with van der Waals surface area (Å²) in [6.45, 7) is 0. The fourth-order valence-electron chi connectivity index (χ4n) is 1.92. The van der Waals surface area contributed by atoms with E-state index in [1.807, 2.05) is 0 Å². The number of nitrogens with two attached hydrogens (primary N) is 1. The van der Waals surface area contributed by atoms with E-state index in [1.165, 1.54) is 12.1 Å². The Hall–Kier alpha value is -2.08. The van der Waals surface area contributed by atoms with Crippen LogP contribution in [-0.2, 0) is 4.79 Å². The Morgan fingerprint density at radius 1 is 1.42 bits per heavy atom. The zero-order chi connectivity index (χ0) is 14.0. The minimum Gasteiger partial charge on any atom is -0.508 e. The van der Waals surface area contributed by atoms with E-state index >= 15 is 0 Å². The molecule has 0 heterocycles. The molecule has 0 radical (unpaired) electrons. The topological polar surface area (TPSA) is 113 Å². The molecule has 0 aliphatic heterocycles. The van der Waals surface area contributed by atoms with Gasteiger partial charge in [0.1, 0.15) is 5.75 Å². The number of aromatic hydroxyl groups is 1. The molecule has 0 aromatic heterocycles. The summed E-state index contributed by atoms with van der Waals surface area (Å²) < 4.78 is 0. The maximum Gasteiger partial charge on any atom is 0.337 e. The number of phenolic OH excluding ortho intramolecular Hbond substituents is 1. The fraction of sp³-hybridized carbons (Fsp3) is 0.385. The van der Waals surface area contributed by atoms with Crippen LogP contribution in [0, 0.1) is 5.92 Å². The minimum absolute atomic E-state index is 0.145. The molecule has 2 rings (SSSR count). The molecule has 1 aliphatic rings. The monoisotopic (exact) mass is 264 g/mol. The molecule has 1 aromatic rings. The molecule has 1 fully saturated rings. The minimum atomic E-state index is -1.21. The number of phenols is 1. The van der Waals surface area contributed by atoms with Crippen molar-refractivity contribution in [2.24, 2.45) is 11.7 Å². The maximum absolute atomic E-state index is 11.8. The average molecular weight is 264 g/mol. The number of anilines is 1. The lowest BCUT2D eigenvalue weighted by molar-refractivity contribution is -0.116. The second-order valence-electron chi connectivity index (χ2n) is 4.79. The molecule has 1 amide bonds. The summed E-state index contributed by atoms with van der Waals surface area (Å²) in [5.41, 5.74) is 5.86. The predicted octanol–water partition coefficient (Wildman–Crippen LogP) is 1.16. The van der Waals surface area contributed by atoms with Gasteiger partial charge >= 0.3 is 5.97 Å². The van der Waals surface area contributed by atoms with Gasteiger partial charge in [-0.15, -0.1) is 0 Å². The predicted molar refractivity (Wildman–Crippen MR) is 69.0 cm³/mol. The van der Waals surface area contributed by atoms with Crippen LogP contribution in [0.25, 0.3) is 0 Å². The van der Waals surface area contributed by atoms with E-state index in [4.69, 9.17) is 10.8 Å². The van der Waals surface area contributed by atoms with Crippen LogP contribution < -0.4 is 11.1 Å². The number of carbonyl (C=O) groups excluding carboxylic acids is 1. The highest BCUT2D eigenvalue weighted by molar-refractivity contribution is 6.01. The van der Waals surface area contributed by atoms with Gasteiger partial charge in [0.25, 0.3) is 0 Å². The lowest BCUT2D eigenvalue weighted by Crippen LogP contribution is -2.29. The van der Waals surface area contributed by atoms with Gasteiger partial charge in [0.15, 0.2) is 0 Å². The van der Waals surface area contributed by atoms with Crippen LogP contribution in [0.5, 0.6) is 5.75 Å². The van der Waals surface area contributed by atoms with Crippen molar-refractivity contribution in [1.82, 2.24) is 0 Å². The Bertz CT molecular complexity index is 511. The van der Waals surface area contributed by atoms with E-state index in [2.05, 4.69) is 5.32 Å². The van der Waals surface area contributed by atoms with E-state index in [0.717, 1.165) is 18.9 Å². The van der Waals surface area contributed by atoms with Crippen LogP contribution in [0.4, 0.5) is 5.69 Å². The molecule has 1 unspecified atom stereocenters. The van der Waals surface area contributed by atoms with Gasteiger partial charge in [-0.2, -0.15) is 0 Å². The first-order chi connectivity index (χ1) is 8.97. The molecule has 5 N–H and O–H groups in total. The number of rotatable bonds is 5. The smallest absolute Gasteiger partial charge is 0.337 e. The summed E-state index contributed by atoms with van der Waals surface area (Å²) in [6.07, 6.45) is 2.27. The van der Waals surface area contributed by atoms with Crippen molar-refractivity contribution in [3.05, 3.63) is 23.8 Å². The van der Waals surface area contributed by atoms with Gasteiger partial charge in [0.05, 0.1) is 11.3 Å². The largest absolute Gasteiger partial charge is 0.508 e. The van der Waals surface area contributed by atoms with Gasteiger partial charge < -0.3 is 21.3 Å². The Morgan fingerprint density at radius 2 is 2.11 bits per heavy atom.